The van der Waals surface area contributed by atoms with Gasteiger partial charge in [0.1, 0.15) is 5.82 Å². The van der Waals surface area contributed by atoms with Crippen LogP contribution in [-0.4, -0.2) is 61.2 Å². The number of piperazine rings is 1. The van der Waals surface area contributed by atoms with Crippen molar-refractivity contribution in [2.24, 2.45) is 0 Å². The molecule has 1 N–H and O–H groups in total. The number of rotatable bonds is 4. The summed E-state index contributed by atoms with van der Waals surface area (Å²) in [6.07, 6.45) is 3.55. The fraction of sp³-hybridized carbons (Fsp3) is 0.300. The summed E-state index contributed by atoms with van der Waals surface area (Å²) < 4.78 is 10.7. The molecule has 3 heterocycles. The number of ether oxygens (including phenoxy) is 2. The van der Waals surface area contributed by atoms with Crippen LogP contribution in [0, 0.1) is 0 Å². The average Bonchev–Trinajstić information content (AvgIpc) is 3.15. The fourth-order valence-corrected chi connectivity index (χ4v) is 3.48. The summed E-state index contributed by atoms with van der Waals surface area (Å²) in [6, 6.07) is 9.58. The number of nitrogens with zero attached hydrogens (tertiary/aromatic N) is 3. The first-order chi connectivity index (χ1) is 13.2. The number of carbonyl (C=O) groups is 1. The van der Waals surface area contributed by atoms with Crippen molar-refractivity contribution in [1.82, 2.24) is 14.9 Å². The maximum atomic E-state index is 13.1. The molecule has 7 nitrogen and oxygen atoms in total. The zero-order chi connectivity index (χ0) is 18.8. The number of pyridine rings is 1. The van der Waals surface area contributed by atoms with Crippen molar-refractivity contribution >= 4 is 22.6 Å². The van der Waals surface area contributed by atoms with Crippen LogP contribution in [0.1, 0.15) is 10.4 Å². The minimum absolute atomic E-state index is 0.0224. The molecule has 27 heavy (non-hydrogen) atoms. The van der Waals surface area contributed by atoms with Gasteiger partial charge in [-0.3, -0.25) is 4.79 Å². The van der Waals surface area contributed by atoms with Gasteiger partial charge in [-0.15, -0.1) is 0 Å². The third kappa shape index (κ3) is 3.16. The molecule has 0 spiro atoms. The van der Waals surface area contributed by atoms with E-state index in [1.54, 1.807) is 26.6 Å². The minimum atomic E-state index is 0.0224. The molecule has 0 bridgehead atoms. The molecule has 3 aromatic rings. The van der Waals surface area contributed by atoms with Gasteiger partial charge in [-0.2, -0.15) is 0 Å². The maximum Gasteiger partial charge on any atom is 0.256 e. The van der Waals surface area contributed by atoms with Crippen molar-refractivity contribution in [3.05, 3.63) is 48.3 Å². The number of hydrogen-bond acceptors (Lipinski definition) is 5. The Bertz CT molecular complexity index is 947. The normalized spacial score (nSPS) is 14.4. The van der Waals surface area contributed by atoms with Gasteiger partial charge in [0.2, 0.25) is 0 Å². The molecular weight excluding hydrogens is 344 g/mol. The van der Waals surface area contributed by atoms with Crippen LogP contribution in [0.4, 0.5) is 5.82 Å². The Morgan fingerprint density at radius 1 is 1.07 bits per heavy atom. The zero-order valence-corrected chi connectivity index (χ0v) is 15.4. The summed E-state index contributed by atoms with van der Waals surface area (Å²) in [5, 5.41) is 0.838. The highest BCUT2D eigenvalue weighted by Crippen LogP contribution is 2.33. The van der Waals surface area contributed by atoms with E-state index >= 15 is 0 Å². The number of methoxy groups -OCH3 is 2. The average molecular weight is 366 g/mol. The van der Waals surface area contributed by atoms with Crippen molar-refractivity contribution in [2.45, 2.75) is 0 Å². The van der Waals surface area contributed by atoms with Gasteiger partial charge in [-0.05, 0) is 18.2 Å². The van der Waals surface area contributed by atoms with E-state index < -0.39 is 0 Å². The van der Waals surface area contributed by atoms with E-state index in [0.29, 0.717) is 30.2 Å². The van der Waals surface area contributed by atoms with Gasteiger partial charge in [-0.1, -0.05) is 6.07 Å². The molecule has 7 heteroatoms. The van der Waals surface area contributed by atoms with Crippen molar-refractivity contribution in [2.75, 3.05) is 45.3 Å². The summed E-state index contributed by atoms with van der Waals surface area (Å²) in [7, 11) is 3.19. The highest BCUT2D eigenvalue weighted by Gasteiger charge is 2.25. The molecule has 0 atom stereocenters. The number of hydrogen-bond donors (Lipinski definition) is 1. The SMILES string of the molecule is COc1cc2[nH]cc(C(=O)N3CCN(c4ccccn4)CC3)c2cc1OC. The fourth-order valence-electron chi connectivity index (χ4n) is 3.48. The van der Waals surface area contributed by atoms with E-state index in [1.807, 2.05) is 35.2 Å². The zero-order valence-electron chi connectivity index (χ0n) is 15.4. The Balaban J connectivity index is 1.53. The third-order valence-electron chi connectivity index (χ3n) is 4.96. The Hall–Kier alpha value is -3.22. The topological polar surface area (TPSA) is 70.7 Å². The maximum absolute atomic E-state index is 13.1. The van der Waals surface area contributed by atoms with Crippen LogP contribution in [0.25, 0.3) is 10.9 Å². The van der Waals surface area contributed by atoms with E-state index in [9.17, 15) is 4.79 Å². The number of nitrogens with one attached hydrogen (secondary N) is 1. The van der Waals surface area contributed by atoms with Crippen LogP contribution in [0.5, 0.6) is 11.5 Å². The molecule has 4 rings (SSSR count). The standard InChI is InChI=1S/C20H22N4O3/c1-26-17-11-14-15(13-22-16(14)12-18(17)27-2)20(25)24-9-7-23(8-10-24)19-5-3-4-6-21-19/h3-6,11-13,22H,7-10H2,1-2H3. The predicted molar refractivity (Wildman–Crippen MR) is 104 cm³/mol. The lowest BCUT2D eigenvalue weighted by molar-refractivity contribution is 0.0748. The molecule has 1 aliphatic heterocycles. The predicted octanol–water partition coefficient (Wildman–Crippen LogP) is 2.54. The quantitative estimate of drug-likeness (QED) is 0.768. The lowest BCUT2D eigenvalue weighted by Crippen LogP contribution is -2.49. The van der Waals surface area contributed by atoms with Crippen LogP contribution < -0.4 is 14.4 Å². The summed E-state index contributed by atoms with van der Waals surface area (Å²) in [6.45, 7) is 2.86. The Labute approximate surface area is 157 Å². The molecule has 0 aliphatic carbocycles. The van der Waals surface area contributed by atoms with Crippen molar-refractivity contribution < 1.29 is 14.3 Å². The van der Waals surface area contributed by atoms with Gasteiger partial charge < -0.3 is 24.3 Å². The number of amides is 1. The first kappa shape index (κ1) is 17.2. The number of H-pyrrole nitrogens is 1. The molecule has 1 aromatic carbocycles. The van der Waals surface area contributed by atoms with Gasteiger partial charge in [0.05, 0.1) is 25.3 Å². The molecule has 1 fully saturated rings. The minimum Gasteiger partial charge on any atom is -0.493 e. The van der Waals surface area contributed by atoms with E-state index in [1.165, 1.54) is 0 Å². The molecule has 1 amide bonds. The summed E-state index contributed by atoms with van der Waals surface area (Å²) in [5.74, 6) is 2.22. The van der Waals surface area contributed by atoms with E-state index in [2.05, 4.69) is 14.9 Å². The van der Waals surface area contributed by atoms with Crippen LogP contribution in [0.3, 0.4) is 0 Å². The largest absolute Gasteiger partial charge is 0.493 e. The van der Waals surface area contributed by atoms with Gasteiger partial charge in [0, 0.05) is 50.0 Å². The van der Waals surface area contributed by atoms with Crippen LogP contribution in [-0.2, 0) is 0 Å². The number of carbonyl (C=O) groups excluding carboxylic acids is 1. The van der Waals surface area contributed by atoms with Gasteiger partial charge in [0.25, 0.3) is 5.91 Å². The van der Waals surface area contributed by atoms with Crippen molar-refractivity contribution in [1.29, 1.82) is 0 Å². The Morgan fingerprint density at radius 3 is 2.48 bits per heavy atom. The van der Waals surface area contributed by atoms with Crippen molar-refractivity contribution in [3.8, 4) is 11.5 Å². The summed E-state index contributed by atoms with van der Waals surface area (Å²) >= 11 is 0. The van der Waals surface area contributed by atoms with Gasteiger partial charge in [0.15, 0.2) is 11.5 Å². The van der Waals surface area contributed by atoms with E-state index in [0.717, 1.165) is 29.8 Å². The summed E-state index contributed by atoms with van der Waals surface area (Å²) in [5.41, 5.74) is 1.50. The Morgan fingerprint density at radius 2 is 1.81 bits per heavy atom. The highest BCUT2D eigenvalue weighted by atomic mass is 16.5. The number of aromatic amines is 1. The van der Waals surface area contributed by atoms with Crippen LogP contribution in [0.2, 0.25) is 0 Å². The number of anilines is 1. The molecule has 140 valence electrons. The second kappa shape index (κ2) is 7.19. The van der Waals surface area contributed by atoms with Crippen LogP contribution >= 0.6 is 0 Å². The number of benzene rings is 1. The second-order valence-electron chi connectivity index (χ2n) is 6.42. The highest BCUT2D eigenvalue weighted by molar-refractivity contribution is 6.07. The molecule has 0 saturated carbocycles. The molecule has 2 aromatic heterocycles. The molecule has 0 unspecified atom stereocenters. The second-order valence-corrected chi connectivity index (χ2v) is 6.42. The monoisotopic (exact) mass is 366 g/mol. The molecule has 0 radical (unpaired) electrons. The number of aromatic nitrogens is 2. The van der Waals surface area contributed by atoms with Crippen molar-refractivity contribution in [3.63, 3.8) is 0 Å². The summed E-state index contributed by atoms with van der Waals surface area (Å²) in [4.78, 5) is 24.7. The lowest BCUT2D eigenvalue weighted by atomic mass is 10.1. The van der Waals surface area contributed by atoms with Crippen LogP contribution in [0.15, 0.2) is 42.7 Å². The third-order valence-corrected chi connectivity index (χ3v) is 4.96. The van der Waals surface area contributed by atoms with E-state index in [-0.39, 0.29) is 5.91 Å². The Kier molecular flexibility index (Phi) is 4.58. The lowest BCUT2D eigenvalue weighted by Gasteiger charge is -2.35. The molecule has 1 saturated heterocycles. The first-order valence-electron chi connectivity index (χ1n) is 8.89. The molecule has 1 aliphatic rings. The number of fused-ring (bicyclic) bond motifs is 1. The molecular formula is C20H22N4O3. The smallest absolute Gasteiger partial charge is 0.256 e. The first-order valence-corrected chi connectivity index (χ1v) is 8.89. The van der Waals surface area contributed by atoms with E-state index in [4.69, 9.17) is 9.47 Å². The van der Waals surface area contributed by atoms with Gasteiger partial charge >= 0.3 is 0 Å². The van der Waals surface area contributed by atoms with Gasteiger partial charge in [-0.25, -0.2) is 4.98 Å².